The third kappa shape index (κ3) is 3.61. The van der Waals surface area contributed by atoms with Crippen molar-refractivity contribution < 1.29 is 4.74 Å². The van der Waals surface area contributed by atoms with Crippen LogP contribution in [0.15, 0.2) is 36.9 Å². The lowest BCUT2D eigenvalue weighted by molar-refractivity contribution is 0.171. The van der Waals surface area contributed by atoms with E-state index in [2.05, 4.69) is 27.1 Å². The van der Waals surface area contributed by atoms with Gasteiger partial charge in [-0.2, -0.15) is 5.10 Å². The molecular formula is C16H22N4O. The minimum Gasteiger partial charge on any atom is -0.497 e. The van der Waals surface area contributed by atoms with E-state index >= 15 is 0 Å². The smallest absolute Gasteiger partial charge is 0.137 e. The maximum absolute atomic E-state index is 5.19. The summed E-state index contributed by atoms with van der Waals surface area (Å²) in [5.41, 5.74) is 1.36. The van der Waals surface area contributed by atoms with E-state index in [9.17, 15) is 0 Å². The zero-order valence-electron chi connectivity index (χ0n) is 12.5. The van der Waals surface area contributed by atoms with Gasteiger partial charge in [0.15, 0.2) is 0 Å². The van der Waals surface area contributed by atoms with Crippen molar-refractivity contribution in [3.63, 3.8) is 0 Å². The average Bonchev–Trinajstić information content (AvgIpc) is 3.08. The highest BCUT2D eigenvalue weighted by atomic mass is 16.5. The molecule has 112 valence electrons. The van der Waals surface area contributed by atoms with Crippen LogP contribution in [0.3, 0.4) is 0 Å². The summed E-state index contributed by atoms with van der Waals surface area (Å²) in [5.74, 6) is 0.919. The van der Waals surface area contributed by atoms with E-state index < -0.39 is 0 Å². The number of hydrogen-bond donors (Lipinski definition) is 0. The van der Waals surface area contributed by atoms with Crippen molar-refractivity contribution in [1.82, 2.24) is 19.7 Å². The second kappa shape index (κ2) is 6.72. The molecule has 5 nitrogen and oxygen atoms in total. The SMILES string of the molecule is COc1ccc(CCN2CCC[C@@H](n3cncn3)C2)cc1. The molecule has 1 atom stereocenters. The molecule has 3 rings (SSSR count). The third-order valence-corrected chi connectivity index (χ3v) is 4.17. The molecule has 0 N–H and O–H groups in total. The van der Waals surface area contributed by atoms with Crippen LogP contribution in [-0.4, -0.2) is 46.4 Å². The Labute approximate surface area is 125 Å². The molecule has 1 saturated heterocycles. The first-order valence-corrected chi connectivity index (χ1v) is 7.54. The van der Waals surface area contributed by atoms with Gasteiger partial charge in [0.2, 0.25) is 0 Å². The number of likely N-dealkylation sites (tertiary alicyclic amines) is 1. The number of piperidine rings is 1. The monoisotopic (exact) mass is 286 g/mol. The highest BCUT2D eigenvalue weighted by Crippen LogP contribution is 2.20. The Morgan fingerprint density at radius 3 is 2.86 bits per heavy atom. The van der Waals surface area contributed by atoms with Crippen LogP contribution in [0.5, 0.6) is 5.75 Å². The molecule has 0 amide bonds. The van der Waals surface area contributed by atoms with E-state index in [1.54, 1.807) is 13.4 Å². The van der Waals surface area contributed by atoms with Gasteiger partial charge in [-0.3, -0.25) is 0 Å². The fraction of sp³-hybridized carbons (Fsp3) is 0.500. The van der Waals surface area contributed by atoms with Crippen LogP contribution >= 0.6 is 0 Å². The summed E-state index contributed by atoms with van der Waals surface area (Å²) >= 11 is 0. The molecule has 0 bridgehead atoms. The Balaban J connectivity index is 1.52. The summed E-state index contributed by atoms with van der Waals surface area (Å²) in [6.07, 6.45) is 6.96. The lowest BCUT2D eigenvalue weighted by Gasteiger charge is -2.32. The fourth-order valence-electron chi connectivity index (χ4n) is 2.94. The maximum atomic E-state index is 5.19. The van der Waals surface area contributed by atoms with Crippen LogP contribution in [0, 0.1) is 0 Å². The topological polar surface area (TPSA) is 43.2 Å². The lowest BCUT2D eigenvalue weighted by Crippen LogP contribution is -2.37. The Morgan fingerprint density at radius 2 is 2.14 bits per heavy atom. The quantitative estimate of drug-likeness (QED) is 0.845. The summed E-state index contributed by atoms with van der Waals surface area (Å²) in [6.45, 7) is 3.35. The van der Waals surface area contributed by atoms with Gasteiger partial charge in [0.25, 0.3) is 0 Å². The van der Waals surface area contributed by atoms with Crippen molar-refractivity contribution in [2.45, 2.75) is 25.3 Å². The fourth-order valence-corrected chi connectivity index (χ4v) is 2.94. The molecule has 2 aromatic rings. The van der Waals surface area contributed by atoms with Gasteiger partial charge in [0, 0.05) is 13.1 Å². The van der Waals surface area contributed by atoms with Crippen molar-refractivity contribution in [3.8, 4) is 5.75 Å². The number of hydrogen-bond acceptors (Lipinski definition) is 4. The summed E-state index contributed by atoms with van der Waals surface area (Å²) in [6, 6.07) is 8.83. The molecule has 0 unspecified atom stereocenters. The summed E-state index contributed by atoms with van der Waals surface area (Å²) in [5, 5.41) is 4.28. The minimum atomic E-state index is 0.470. The van der Waals surface area contributed by atoms with Crippen LogP contribution in [0.2, 0.25) is 0 Å². The second-order valence-electron chi connectivity index (χ2n) is 5.57. The molecule has 0 spiro atoms. The zero-order valence-corrected chi connectivity index (χ0v) is 12.5. The third-order valence-electron chi connectivity index (χ3n) is 4.17. The van der Waals surface area contributed by atoms with E-state index in [1.807, 2.05) is 23.1 Å². The van der Waals surface area contributed by atoms with Gasteiger partial charge in [0.1, 0.15) is 18.4 Å². The molecule has 0 saturated carbocycles. The average molecular weight is 286 g/mol. The number of ether oxygens (including phenoxy) is 1. The number of benzene rings is 1. The number of aromatic nitrogens is 3. The number of nitrogens with zero attached hydrogens (tertiary/aromatic N) is 4. The molecule has 1 aliphatic heterocycles. The Hall–Kier alpha value is -1.88. The number of methoxy groups -OCH3 is 1. The molecule has 21 heavy (non-hydrogen) atoms. The van der Waals surface area contributed by atoms with Gasteiger partial charge in [0.05, 0.1) is 13.2 Å². The normalized spacial score (nSPS) is 19.6. The molecule has 1 aromatic carbocycles. The maximum Gasteiger partial charge on any atom is 0.137 e. The van der Waals surface area contributed by atoms with Crippen molar-refractivity contribution in [2.24, 2.45) is 0 Å². The van der Waals surface area contributed by atoms with Gasteiger partial charge in [-0.25, -0.2) is 9.67 Å². The highest BCUT2D eigenvalue weighted by Gasteiger charge is 2.21. The highest BCUT2D eigenvalue weighted by molar-refractivity contribution is 5.27. The van der Waals surface area contributed by atoms with Crippen LogP contribution < -0.4 is 4.74 Å². The van der Waals surface area contributed by atoms with E-state index in [4.69, 9.17) is 4.74 Å². The van der Waals surface area contributed by atoms with Crippen molar-refractivity contribution >= 4 is 0 Å². The van der Waals surface area contributed by atoms with Crippen LogP contribution in [0.25, 0.3) is 0 Å². The van der Waals surface area contributed by atoms with Gasteiger partial charge in [-0.05, 0) is 43.5 Å². The van der Waals surface area contributed by atoms with Gasteiger partial charge < -0.3 is 9.64 Å². The van der Waals surface area contributed by atoms with Crippen molar-refractivity contribution in [1.29, 1.82) is 0 Å². The van der Waals surface area contributed by atoms with Crippen LogP contribution in [0.1, 0.15) is 24.4 Å². The second-order valence-corrected chi connectivity index (χ2v) is 5.57. The first kappa shape index (κ1) is 14.1. The summed E-state index contributed by atoms with van der Waals surface area (Å²) < 4.78 is 7.19. The first-order chi connectivity index (χ1) is 10.3. The summed E-state index contributed by atoms with van der Waals surface area (Å²) in [7, 11) is 1.70. The lowest BCUT2D eigenvalue weighted by atomic mass is 10.0. The van der Waals surface area contributed by atoms with Crippen LogP contribution in [0.4, 0.5) is 0 Å². The predicted octanol–water partition coefficient (Wildman–Crippen LogP) is 2.17. The molecule has 0 radical (unpaired) electrons. The molecule has 2 heterocycles. The van der Waals surface area contributed by atoms with Gasteiger partial charge in [-0.15, -0.1) is 0 Å². The Morgan fingerprint density at radius 1 is 1.29 bits per heavy atom. The molecule has 1 aromatic heterocycles. The molecule has 1 aliphatic rings. The van der Waals surface area contributed by atoms with E-state index in [0.717, 1.165) is 25.3 Å². The van der Waals surface area contributed by atoms with Crippen molar-refractivity contribution in [2.75, 3.05) is 26.7 Å². The molecule has 5 heteroatoms. The number of rotatable bonds is 5. The predicted molar refractivity (Wildman–Crippen MR) is 81.4 cm³/mol. The van der Waals surface area contributed by atoms with Crippen LogP contribution in [-0.2, 0) is 6.42 Å². The largest absolute Gasteiger partial charge is 0.497 e. The van der Waals surface area contributed by atoms with E-state index in [1.165, 1.54) is 24.9 Å². The summed E-state index contributed by atoms with van der Waals surface area (Å²) in [4.78, 5) is 6.58. The van der Waals surface area contributed by atoms with Gasteiger partial charge in [-0.1, -0.05) is 12.1 Å². The standard InChI is InChI=1S/C16H22N4O/c1-21-16-6-4-14(5-7-16)8-10-19-9-2-3-15(11-19)20-13-17-12-18-20/h4-7,12-13,15H,2-3,8-11H2,1H3/t15-/m1/s1. The molecule has 0 aliphatic carbocycles. The Kier molecular flexibility index (Phi) is 4.50. The van der Waals surface area contributed by atoms with Crippen molar-refractivity contribution in [3.05, 3.63) is 42.5 Å². The molecular weight excluding hydrogens is 264 g/mol. The van der Waals surface area contributed by atoms with Gasteiger partial charge >= 0.3 is 0 Å². The van der Waals surface area contributed by atoms with E-state index in [0.29, 0.717) is 6.04 Å². The minimum absolute atomic E-state index is 0.470. The zero-order chi connectivity index (χ0) is 14.5. The van der Waals surface area contributed by atoms with E-state index in [-0.39, 0.29) is 0 Å². The molecule has 1 fully saturated rings. The Bertz CT molecular complexity index is 538. The first-order valence-electron chi connectivity index (χ1n) is 7.54.